The van der Waals surface area contributed by atoms with E-state index in [1.807, 2.05) is 36.4 Å². The number of methoxy groups -OCH3 is 1. The number of aliphatic imine (C=N–C) groups is 1. The van der Waals surface area contributed by atoms with Crippen molar-refractivity contribution >= 4 is 39.8 Å². The maximum Gasteiger partial charge on any atom is 0.191 e. The van der Waals surface area contributed by atoms with Crippen LogP contribution in [0.2, 0.25) is 0 Å². The van der Waals surface area contributed by atoms with Crippen molar-refractivity contribution < 1.29 is 13.2 Å². The SMILES string of the molecule is CN=C(NCc1cccc(OC)c1)NCc1ccc(S(C)(=O)=O)c(C)c1.I. The second-order valence-corrected chi connectivity index (χ2v) is 7.99. The zero-order chi connectivity index (χ0) is 19.2. The molecule has 27 heavy (non-hydrogen) atoms. The molecule has 0 atom stereocenters. The maximum atomic E-state index is 11.7. The van der Waals surface area contributed by atoms with Crippen LogP contribution in [0.1, 0.15) is 16.7 Å². The Labute approximate surface area is 178 Å². The van der Waals surface area contributed by atoms with Crippen LogP contribution in [-0.2, 0) is 22.9 Å². The van der Waals surface area contributed by atoms with Gasteiger partial charge >= 0.3 is 0 Å². The Kier molecular flexibility index (Phi) is 9.04. The molecule has 0 radical (unpaired) electrons. The molecule has 8 heteroatoms. The molecule has 0 aliphatic rings. The van der Waals surface area contributed by atoms with Crippen molar-refractivity contribution in [2.24, 2.45) is 4.99 Å². The lowest BCUT2D eigenvalue weighted by Crippen LogP contribution is -2.36. The first-order chi connectivity index (χ1) is 12.3. The van der Waals surface area contributed by atoms with Gasteiger partial charge < -0.3 is 15.4 Å². The molecule has 0 saturated carbocycles. The number of nitrogens with zero attached hydrogens (tertiary/aromatic N) is 1. The van der Waals surface area contributed by atoms with Gasteiger partial charge in [0.05, 0.1) is 12.0 Å². The minimum absolute atomic E-state index is 0. The van der Waals surface area contributed by atoms with Crippen molar-refractivity contribution in [1.82, 2.24) is 10.6 Å². The molecular weight excluding hydrogens is 477 g/mol. The van der Waals surface area contributed by atoms with E-state index in [9.17, 15) is 8.42 Å². The largest absolute Gasteiger partial charge is 0.497 e. The molecule has 148 valence electrons. The third kappa shape index (κ3) is 7.02. The molecule has 2 N–H and O–H groups in total. The van der Waals surface area contributed by atoms with Crippen molar-refractivity contribution in [3.05, 3.63) is 59.2 Å². The Bertz CT molecular complexity index is 899. The van der Waals surface area contributed by atoms with Crippen molar-refractivity contribution in [2.45, 2.75) is 24.9 Å². The van der Waals surface area contributed by atoms with E-state index in [4.69, 9.17) is 4.74 Å². The van der Waals surface area contributed by atoms with Crippen LogP contribution in [-0.4, -0.2) is 34.8 Å². The molecular formula is C19H26IN3O3S. The van der Waals surface area contributed by atoms with E-state index >= 15 is 0 Å². The summed E-state index contributed by atoms with van der Waals surface area (Å²) in [6.45, 7) is 2.96. The molecule has 0 fully saturated rings. The minimum atomic E-state index is -3.20. The van der Waals surface area contributed by atoms with Crippen LogP contribution in [0.25, 0.3) is 0 Å². The highest BCUT2D eigenvalue weighted by molar-refractivity contribution is 14.0. The summed E-state index contributed by atoms with van der Waals surface area (Å²) in [5.74, 6) is 1.48. The first-order valence-electron chi connectivity index (χ1n) is 8.20. The predicted molar refractivity (Wildman–Crippen MR) is 120 cm³/mol. The van der Waals surface area contributed by atoms with Crippen LogP contribution in [0.4, 0.5) is 0 Å². The number of nitrogens with one attached hydrogen (secondary N) is 2. The van der Waals surface area contributed by atoms with Gasteiger partial charge in [-0.15, -0.1) is 24.0 Å². The average molecular weight is 503 g/mol. The number of guanidine groups is 1. The van der Waals surface area contributed by atoms with Crippen molar-refractivity contribution in [2.75, 3.05) is 20.4 Å². The van der Waals surface area contributed by atoms with Gasteiger partial charge in [-0.3, -0.25) is 4.99 Å². The van der Waals surface area contributed by atoms with E-state index in [2.05, 4.69) is 15.6 Å². The fraction of sp³-hybridized carbons (Fsp3) is 0.316. The predicted octanol–water partition coefficient (Wildman–Crippen LogP) is 2.89. The summed E-state index contributed by atoms with van der Waals surface area (Å²) >= 11 is 0. The molecule has 2 aromatic carbocycles. The summed E-state index contributed by atoms with van der Waals surface area (Å²) in [5.41, 5.74) is 2.81. The van der Waals surface area contributed by atoms with E-state index in [0.717, 1.165) is 22.4 Å². The minimum Gasteiger partial charge on any atom is -0.497 e. The number of hydrogen-bond acceptors (Lipinski definition) is 4. The highest BCUT2D eigenvalue weighted by atomic mass is 127. The number of sulfone groups is 1. The van der Waals surface area contributed by atoms with Crippen molar-refractivity contribution in [3.63, 3.8) is 0 Å². The lowest BCUT2D eigenvalue weighted by Gasteiger charge is -2.13. The second-order valence-electron chi connectivity index (χ2n) is 6.00. The van der Waals surface area contributed by atoms with E-state index in [1.54, 1.807) is 27.1 Å². The molecule has 0 unspecified atom stereocenters. The molecule has 0 heterocycles. The van der Waals surface area contributed by atoms with Crippen LogP contribution in [0.3, 0.4) is 0 Å². The zero-order valence-corrected chi connectivity index (χ0v) is 19.1. The molecule has 0 spiro atoms. The fourth-order valence-corrected chi connectivity index (χ4v) is 3.57. The molecule has 0 bridgehead atoms. The molecule has 0 aliphatic carbocycles. The van der Waals surface area contributed by atoms with Crippen LogP contribution in [0, 0.1) is 6.92 Å². The monoisotopic (exact) mass is 503 g/mol. The van der Waals surface area contributed by atoms with Crippen LogP contribution < -0.4 is 15.4 Å². The van der Waals surface area contributed by atoms with Gasteiger partial charge in [-0.05, 0) is 41.8 Å². The number of ether oxygens (including phenoxy) is 1. The Hall–Kier alpha value is -1.81. The molecule has 0 saturated heterocycles. The normalized spacial score (nSPS) is 11.5. The van der Waals surface area contributed by atoms with Crippen LogP contribution in [0.15, 0.2) is 52.4 Å². The Morgan fingerprint density at radius 3 is 2.22 bits per heavy atom. The molecule has 2 aromatic rings. The highest BCUT2D eigenvalue weighted by Gasteiger charge is 2.11. The molecule has 0 aromatic heterocycles. The highest BCUT2D eigenvalue weighted by Crippen LogP contribution is 2.16. The van der Waals surface area contributed by atoms with Gasteiger partial charge in [0, 0.05) is 26.4 Å². The third-order valence-corrected chi connectivity index (χ3v) is 5.17. The topological polar surface area (TPSA) is 79.8 Å². The summed E-state index contributed by atoms with van der Waals surface area (Å²) in [6.07, 6.45) is 1.22. The molecule has 0 amide bonds. The second kappa shape index (κ2) is 10.5. The summed E-state index contributed by atoms with van der Waals surface area (Å²) in [6, 6.07) is 13.2. The van der Waals surface area contributed by atoms with E-state index in [-0.39, 0.29) is 24.0 Å². The number of benzene rings is 2. The summed E-state index contributed by atoms with van der Waals surface area (Å²) in [7, 11) is 0.152. The lowest BCUT2D eigenvalue weighted by atomic mass is 10.1. The molecule has 2 rings (SSSR count). The van der Waals surface area contributed by atoms with Crippen LogP contribution in [0.5, 0.6) is 5.75 Å². The van der Waals surface area contributed by atoms with Gasteiger partial charge in [0.15, 0.2) is 15.8 Å². The van der Waals surface area contributed by atoms with Gasteiger partial charge in [0.25, 0.3) is 0 Å². The quantitative estimate of drug-likeness (QED) is 0.360. The molecule has 0 aliphatic heterocycles. The third-order valence-electron chi connectivity index (χ3n) is 3.92. The average Bonchev–Trinajstić information content (AvgIpc) is 2.61. The number of halogens is 1. The van der Waals surface area contributed by atoms with Gasteiger partial charge in [-0.25, -0.2) is 8.42 Å². The molecule has 6 nitrogen and oxygen atoms in total. The summed E-state index contributed by atoms with van der Waals surface area (Å²) < 4.78 is 28.6. The Balaban J connectivity index is 0.00000364. The first kappa shape index (κ1) is 23.2. The number of rotatable bonds is 6. The maximum absolute atomic E-state index is 11.7. The fourth-order valence-electron chi connectivity index (χ4n) is 2.61. The van der Waals surface area contributed by atoms with Crippen molar-refractivity contribution in [1.29, 1.82) is 0 Å². The standard InChI is InChI=1S/C19H25N3O3S.HI/c1-14-10-16(8-9-18(14)26(4,23)24)13-22-19(20-2)21-12-15-6-5-7-17(11-15)25-3;/h5-11H,12-13H2,1-4H3,(H2,20,21,22);1H. The van der Waals surface area contributed by atoms with Gasteiger partial charge in [0.2, 0.25) is 0 Å². The number of aryl methyl sites for hydroxylation is 1. The van der Waals surface area contributed by atoms with Crippen molar-refractivity contribution in [3.8, 4) is 5.75 Å². The Morgan fingerprint density at radius 1 is 1.07 bits per heavy atom. The van der Waals surface area contributed by atoms with Gasteiger partial charge in [-0.2, -0.15) is 0 Å². The van der Waals surface area contributed by atoms with Gasteiger partial charge in [-0.1, -0.05) is 24.3 Å². The number of hydrogen-bond donors (Lipinski definition) is 2. The van der Waals surface area contributed by atoms with E-state index < -0.39 is 9.84 Å². The van der Waals surface area contributed by atoms with Crippen LogP contribution >= 0.6 is 24.0 Å². The smallest absolute Gasteiger partial charge is 0.191 e. The summed E-state index contributed by atoms with van der Waals surface area (Å²) in [4.78, 5) is 4.57. The Morgan fingerprint density at radius 2 is 1.70 bits per heavy atom. The lowest BCUT2D eigenvalue weighted by molar-refractivity contribution is 0.414. The zero-order valence-electron chi connectivity index (χ0n) is 15.9. The van der Waals surface area contributed by atoms with E-state index in [1.165, 1.54) is 6.26 Å². The first-order valence-corrected chi connectivity index (χ1v) is 10.1. The van der Waals surface area contributed by atoms with E-state index in [0.29, 0.717) is 23.9 Å². The van der Waals surface area contributed by atoms with Gasteiger partial charge in [0.1, 0.15) is 5.75 Å². The summed E-state index contributed by atoms with van der Waals surface area (Å²) in [5, 5.41) is 6.47.